The van der Waals surface area contributed by atoms with Gasteiger partial charge < -0.3 is 16.2 Å². The van der Waals surface area contributed by atoms with Gasteiger partial charge in [0.25, 0.3) is 0 Å². The molecule has 1 aromatic rings. The van der Waals surface area contributed by atoms with Crippen molar-refractivity contribution in [1.29, 1.82) is 0 Å². The summed E-state index contributed by atoms with van der Waals surface area (Å²) >= 11 is 0. The summed E-state index contributed by atoms with van der Waals surface area (Å²) in [4.78, 5) is 22.2. The first-order valence-electron chi connectivity index (χ1n) is 5.68. The first kappa shape index (κ1) is 12.5. The second-order valence-corrected chi connectivity index (χ2v) is 4.49. The predicted octanol–water partition coefficient (Wildman–Crippen LogP) is -1.14. The Morgan fingerprint density at radius 2 is 2.28 bits per heavy atom. The molecule has 0 saturated heterocycles. The molecule has 1 aliphatic rings. The number of carbonyl (C=O) groups excluding carboxylic acids is 1. The lowest BCUT2D eigenvalue weighted by atomic mass is 9.77. The van der Waals surface area contributed by atoms with Gasteiger partial charge in [-0.25, -0.2) is 4.68 Å². The third-order valence-corrected chi connectivity index (χ3v) is 3.01. The topological polar surface area (TPSA) is 123 Å². The van der Waals surface area contributed by atoms with Crippen LogP contribution in [0.4, 0.5) is 0 Å². The Kier molecular flexibility index (Phi) is 3.28. The van der Waals surface area contributed by atoms with E-state index in [2.05, 4.69) is 15.6 Å². The van der Waals surface area contributed by atoms with Crippen molar-refractivity contribution >= 4 is 11.9 Å². The standard InChI is InChI=1S/C10H15N5O3/c11-10(2-1-3-10)9(18)12-4-7-5-15(14-13-7)6-8(16)17/h5H,1-4,6,11H2,(H,12,18)(H,16,17). The number of aromatic nitrogens is 3. The number of nitrogens with one attached hydrogen (secondary N) is 1. The fourth-order valence-corrected chi connectivity index (χ4v) is 1.77. The number of aliphatic carboxylic acids is 1. The van der Waals surface area contributed by atoms with Gasteiger partial charge in [-0.05, 0) is 19.3 Å². The number of nitrogens with two attached hydrogens (primary N) is 1. The van der Waals surface area contributed by atoms with Crippen LogP contribution in [0.3, 0.4) is 0 Å². The molecule has 98 valence electrons. The Hall–Kier alpha value is -1.96. The highest BCUT2D eigenvalue weighted by Gasteiger charge is 2.39. The van der Waals surface area contributed by atoms with Gasteiger partial charge in [0.1, 0.15) is 12.2 Å². The molecule has 1 aliphatic carbocycles. The van der Waals surface area contributed by atoms with Crippen molar-refractivity contribution in [1.82, 2.24) is 20.3 Å². The third kappa shape index (κ3) is 2.65. The molecule has 1 saturated carbocycles. The highest BCUT2D eigenvalue weighted by molar-refractivity contribution is 5.86. The van der Waals surface area contributed by atoms with E-state index in [0.717, 1.165) is 6.42 Å². The molecule has 0 bridgehead atoms. The van der Waals surface area contributed by atoms with E-state index >= 15 is 0 Å². The van der Waals surface area contributed by atoms with Crippen molar-refractivity contribution < 1.29 is 14.7 Å². The molecule has 1 aromatic heterocycles. The Bertz CT molecular complexity index is 466. The second-order valence-electron chi connectivity index (χ2n) is 4.49. The fourth-order valence-electron chi connectivity index (χ4n) is 1.77. The number of carbonyl (C=O) groups is 2. The van der Waals surface area contributed by atoms with E-state index in [1.54, 1.807) is 0 Å². The summed E-state index contributed by atoms with van der Waals surface area (Å²) in [6.45, 7) is -0.0425. The predicted molar refractivity (Wildman–Crippen MR) is 60.3 cm³/mol. The summed E-state index contributed by atoms with van der Waals surface area (Å²) in [6.07, 6.45) is 3.85. The van der Waals surface area contributed by atoms with Crippen LogP contribution < -0.4 is 11.1 Å². The van der Waals surface area contributed by atoms with E-state index in [9.17, 15) is 9.59 Å². The Morgan fingerprint density at radius 3 is 2.83 bits per heavy atom. The van der Waals surface area contributed by atoms with Gasteiger partial charge in [0.2, 0.25) is 5.91 Å². The maximum absolute atomic E-state index is 11.7. The first-order valence-corrected chi connectivity index (χ1v) is 5.68. The monoisotopic (exact) mass is 253 g/mol. The van der Waals surface area contributed by atoms with Crippen LogP contribution in [0.5, 0.6) is 0 Å². The largest absolute Gasteiger partial charge is 0.480 e. The zero-order valence-electron chi connectivity index (χ0n) is 9.80. The number of carboxylic acid groups (broad SMARTS) is 1. The van der Waals surface area contributed by atoms with E-state index in [0.29, 0.717) is 18.5 Å². The first-order chi connectivity index (χ1) is 8.49. The zero-order valence-corrected chi connectivity index (χ0v) is 9.80. The van der Waals surface area contributed by atoms with E-state index in [1.165, 1.54) is 10.9 Å². The molecular weight excluding hydrogens is 238 g/mol. The molecule has 1 amide bonds. The lowest BCUT2D eigenvalue weighted by Crippen LogP contribution is -2.58. The molecule has 8 heteroatoms. The van der Waals surface area contributed by atoms with Gasteiger partial charge in [-0.15, -0.1) is 5.10 Å². The van der Waals surface area contributed by atoms with Crippen LogP contribution in [-0.4, -0.2) is 37.5 Å². The molecule has 0 aliphatic heterocycles. The van der Waals surface area contributed by atoms with Crippen molar-refractivity contribution in [3.8, 4) is 0 Å². The van der Waals surface area contributed by atoms with E-state index in [-0.39, 0.29) is 19.0 Å². The normalized spacial score (nSPS) is 16.9. The highest BCUT2D eigenvalue weighted by Crippen LogP contribution is 2.28. The van der Waals surface area contributed by atoms with Crippen LogP contribution in [0.2, 0.25) is 0 Å². The number of carboxylic acids is 1. The smallest absolute Gasteiger partial charge is 0.325 e. The molecule has 0 radical (unpaired) electrons. The molecule has 1 fully saturated rings. The molecule has 2 rings (SSSR count). The van der Waals surface area contributed by atoms with Crippen molar-refractivity contribution in [2.45, 2.75) is 37.9 Å². The van der Waals surface area contributed by atoms with Crippen molar-refractivity contribution in [2.75, 3.05) is 0 Å². The minimum absolute atomic E-state index is 0.193. The average Bonchev–Trinajstić information content (AvgIpc) is 2.69. The summed E-state index contributed by atoms with van der Waals surface area (Å²) in [5, 5.41) is 18.6. The molecule has 0 aromatic carbocycles. The van der Waals surface area contributed by atoms with Crippen molar-refractivity contribution in [3.05, 3.63) is 11.9 Å². The minimum Gasteiger partial charge on any atom is -0.480 e. The maximum atomic E-state index is 11.7. The van der Waals surface area contributed by atoms with Crippen LogP contribution >= 0.6 is 0 Å². The summed E-state index contributed by atoms with van der Waals surface area (Å²) in [6, 6.07) is 0. The van der Waals surface area contributed by atoms with Crippen molar-refractivity contribution in [3.63, 3.8) is 0 Å². The molecule has 4 N–H and O–H groups in total. The van der Waals surface area contributed by atoms with Crippen LogP contribution in [0.15, 0.2) is 6.20 Å². The summed E-state index contributed by atoms with van der Waals surface area (Å²) in [5.41, 5.74) is 5.62. The van der Waals surface area contributed by atoms with Gasteiger partial charge in [0.05, 0.1) is 18.3 Å². The SMILES string of the molecule is NC1(C(=O)NCc2cn(CC(=O)O)nn2)CCC1. The number of amides is 1. The van der Waals surface area contributed by atoms with Crippen LogP contribution in [-0.2, 0) is 22.7 Å². The molecule has 1 heterocycles. The van der Waals surface area contributed by atoms with Crippen LogP contribution in [0.1, 0.15) is 25.0 Å². The van der Waals surface area contributed by atoms with Gasteiger partial charge in [0, 0.05) is 0 Å². The Balaban J connectivity index is 1.84. The lowest BCUT2D eigenvalue weighted by molar-refractivity contribution is -0.138. The highest BCUT2D eigenvalue weighted by atomic mass is 16.4. The molecule has 0 unspecified atom stereocenters. The maximum Gasteiger partial charge on any atom is 0.325 e. The quantitative estimate of drug-likeness (QED) is 0.609. The number of hydrogen-bond acceptors (Lipinski definition) is 5. The number of nitrogens with zero attached hydrogens (tertiary/aromatic N) is 3. The Morgan fingerprint density at radius 1 is 1.56 bits per heavy atom. The van der Waals surface area contributed by atoms with E-state index in [1.807, 2.05) is 0 Å². The van der Waals surface area contributed by atoms with Gasteiger partial charge in [-0.2, -0.15) is 0 Å². The van der Waals surface area contributed by atoms with Crippen molar-refractivity contribution in [2.24, 2.45) is 5.73 Å². The van der Waals surface area contributed by atoms with Gasteiger partial charge >= 0.3 is 5.97 Å². The molecule has 8 nitrogen and oxygen atoms in total. The molecule has 0 spiro atoms. The average molecular weight is 253 g/mol. The molecule has 0 atom stereocenters. The minimum atomic E-state index is -0.995. The fraction of sp³-hybridized carbons (Fsp3) is 0.600. The lowest BCUT2D eigenvalue weighted by Gasteiger charge is -2.36. The second kappa shape index (κ2) is 4.73. The molecule has 18 heavy (non-hydrogen) atoms. The summed E-state index contributed by atoms with van der Waals surface area (Å²) in [7, 11) is 0. The zero-order chi connectivity index (χ0) is 13.2. The Labute approximate surface area is 103 Å². The summed E-state index contributed by atoms with van der Waals surface area (Å²) < 4.78 is 1.20. The van der Waals surface area contributed by atoms with E-state index in [4.69, 9.17) is 10.8 Å². The number of rotatable bonds is 5. The van der Waals surface area contributed by atoms with E-state index < -0.39 is 11.5 Å². The third-order valence-electron chi connectivity index (χ3n) is 3.01. The molecular formula is C10H15N5O3. The number of hydrogen-bond donors (Lipinski definition) is 3. The van der Waals surface area contributed by atoms with Crippen LogP contribution in [0, 0.1) is 0 Å². The van der Waals surface area contributed by atoms with Gasteiger partial charge in [0.15, 0.2) is 0 Å². The van der Waals surface area contributed by atoms with Gasteiger partial charge in [-0.3, -0.25) is 9.59 Å². The van der Waals surface area contributed by atoms with Gasteiger partial charge in [-0.1, -0.05) is 5.21 Å². The van der Waals surface area contributed by atoms with Crippen LogP contribution in [0.25, 0.3) is 0 Å². The summed E-state index contributed by atoms with van der Waals surface area (Å²) in [5.74, 6) is -1.19.